The van der Waals surface area contributed by atoms with Crippen LogP contribution in [-0.4, -0.2) is 18.7 Å². The van der Waals surface area contributed by atoms with Crippen molar-refractivity contribution in [1.82, 2.24) is 5.43 Å². The normalized spacial score (nSPS) is 11.3. The Morgan fingerprint density at radius 3 is 2.62 bits per heavy atom. The Morgan fingerprint density at radius 1 is 1.00 bits per heavy atom. The summed E-state index contributed by atoms with van der Waals surface area (Å²) >= 11 is 6.05. The van der Waals surface area contributed by atoms with Gasteiger partial charge in [0.1, 0.15) is 0 Å². The fraction of sp³-hybridized carbons (Fsp3) is 0.0476. The molecule has 3 aromatic rings. The van der Waals surface area contributed by atoms with Crippen LogP contribution in [0.4, 0.5) is 5.69 Å². The minimum atomic E-state index is -0.222. The van der Waals surface area contributed by atoms with E-state index in [2.05, 4.69) is 21.9 Å². The Hall–Kier alpha value is -3.11. The van der Waals surface area contributed by atoms with Gasteiger partial charge in [0.05, 0.1) is 6.54 Å². The SMILES string of the molecule is O=C(CNc1ccc2ccccc2c1)N/N=C\C=C\c1ccccc1Cl. The average Bonchev–Trinajstić information content (AvgIpc) is 2.67. The lowest BCUT2D eigenvalue weighted by atomic mass is 10.1. The highest BCUT2D eigenvalue weighted by atomic mass is 35.5. The smallest absolute Gasteiger partial charge is 0.259 e. The van der Waals surface area contributed by atoms with Gasteiger partial charge < -0.3 is 5.32 Å². The molecule has 0 aliphatic heterocycles. The molecule has 0 saturated heterocycles. The van der Waals surface area contributed by atoms with Crippen molar-refractivity contribution in [1.29, 1.82) is 0 Å². The van der Waals surface area contributed by atoms with E-state index in [-0.39, 0.29) is 12.5 Å². The third-order valence-electron chi connectivity index (χ3n) is 3.73. The van der Waals surface area contributed by atoms with Gasteiger partial charge in [-0.25, -0.2) is 5.43 Å². The van der Waals surface area contributed by atoms with Gasteiger partial charge in [-0.2, -0.15) is 5.10 Å². The summed E-state index contributed by atoms with van der Waals surface area (Å²) in [5, 5.41) is 9.93. The molecule has 4 nitrogen and oxygen atoms in total. The van der Waals surface area contributed by atoms with Gasteiger partial charge >= 0.3 is 0 Å². The number of amides is 1. The van der Waals surface area contributed by atoms with Crippen molar-refractivity contribution in [2.24, 2.45) is 5.10 Å². The van der Waals surface area contributed by atoms with E-state index in [4.69, 9.17) is 11.6 Å². The van der Waals surface area contributed by atoms with Crippen LogP contribution in [0.3, 0.4) is 0 Å². The molecule has 0 aromatic heterocycles. The number of hydrazone groups is 1. The Morgan fingerprint density at radius 2 is 1.77 bits per heavy atom. The number of nitrogens with one attached hydrogen (secondary N) is 2. The van der Waals surface area contributed by atoms with Crippen molar-refractivity contribution in [3.8, 4) is 0 Å². The van der Waals surface area contributed by atoms with Crippen molar-refractivity contribution in [2.75, 3.05) is 11.9 Å². The minimum Gasteiger partial charge on any atom is -0.376 e. The van der Waals surface area contributed by atoms with Gasteiger partial charge in [-0.05, 0) is 40.6 Å². The molecule has 0 unspecified atom stereocenters. The minimum absolute atomic E-state index is 0.143. The van der Waals surface area contributed by atoms with Gasteiger partial charge in [-0.1, -0.05) is 66.2 Å². The van der Waals surface area contributed by atoms with Crippen LogP contribution in [-0.2, 0) is 4.79 Å². The van der Waals surface area contributed by atoms with Crippen molar-refractivity contribution < 1.29 is 4.79 Å². The Kier molecular flexibility index (Phi) is 6.01. The number of allylic oxidation sites excluding steroid dienone is 1. The summed E-state index contributed by atoms with van der Waals surface area (Å²) in [5.74, 6) is -0.222. The molecule has 3 rings (SSSR count). The number of halogens is 1. The molecular weight excluding hydrogens is 346 g/mol. The fourth-order valence-electron chi connectivity index (χ4n) is 2.43. The number of nitrogens with zero attached hydrogens (tertiary/aromatic N) is 1. The third-order valence-corrected chi connectivity index (χ3v) is 4.08. The highest BCUT2D eigenvalue weighted by molar-refractivity contribution is 6.32. The number of hydrogen-bond acceptors (Lipinski definition) is 3. The Labute approximate surface area is 157 Å². The van der Waals surface area contributed by atoms with E-state index in [1.54, 1.807) is 6.08 Å². The molecule has 0 saturated carbocycles. The standard InChI is InChI=1S/C21H18ClN3O/c22-20-10-4-3-7-17(20)9-5-13-24-25-21(26)15-23-19-12-11-16-6-1-2-8-18(16)14-19/h1-14,23H,15H2,(H,25,26)/b9-5+,24-13-. The quantitative estimate of drug-likeness (QED) is 0.491. The lowest BCUT2D eigenvalue weighted by Crippen LogP contribution is -2.25. The van der Waals surface area contributed by atoms with Gasteiger partial charge in [-0.15, -0.1) is 0 Å². The molecule has 0 atom stereocenters. The molecule has 3 aromatic carbocycles. The second-order valence-electron chi connectivity index (χ2n) is 5.61. The van der Waals surface area contributed by atoms with E-state index < -0.39 is 0 Å². The van der Waals surface area contributed by atoms with Gasteiger partial charge in [0, 0.05) is 16.9 Å². The first kappa shape index (κ1) is 17.7. The topological polar surface area (TPSA) is 53.5 Å². The van der Waals surface area contributed by atoms with Crippen LogP contribution >= 0.6 is 11.6 Å². The molecule has 0 spiro atoms. The predicted octanol–water partition coefficient (Wildman–Crippen LogP) is 4.72. The number of benzene rings is 3. The van der Waals surface area contributed by atoms with Gasteiger partial charge in [0.15, 0.2) is 0 Å². The first-order chi connectivity index (χ1) is 12.7. The highest BCUT2D eigenvalue weighted by Gasteiger charge is 2.00. The number of anilines is 1. The summed E-state index contributed by atoms with van der Waals surface area (Å²) in [5.41, 5.74) is 4.26. The molecule has 2 N–H and O–H groups in total. The zero-order valence-electron chi connectivity index (χ0n) is 14.0. The number of fused-ring (bicyclic) bond motifs is 1. The number of rotatable bonds is 6. The summed E-state index contributed by atoms with van der Waals surface area (Å²) in [7, 11) is 0. The van der Waals surface area contributed by atoms with Crippen molar-refractivity contribution >= 4 is 46.3 Å². The molecule has 5 heteroatoms. The molecule has 0 radical (unpaired) electrons. The molecule has 0 fully saturated rings. The maximum Gasteiger partial charge on any atom is 0.259 e. The van der Waals surface area contributed by atoms with Crippen LogP contribution < -0.4 is 10.7 Å². The zero-order chi connectivity index (χ0) is 18.2. The van der Waals surface area contributed by atoms with E-state index in [0.29, 0.717) is 5.02 Å². The summed E-state index contributed by atoms with van der Waals surface area (Å²) in [6, 6.07) is 21.6. The lowest BCUT2D eigenvalue weighted by molar-refractivity contribution is -0.119. The van der Waals surface area contributed by atoms with Gasteiger partial charge in [-0.3, -0.25) is 4.79 Å². The number of carbonyl (C=O) groups excluding carboxylic acids is 1. The lowest BCUT2D eigenvalue weighted by Gasteiger charge is -2.06. The van der Waals surface area contributed by atoms with Crippen LogP contribution in [0.25, 0.3) is 16.8 Å². The van der Waals surface area contributed by atoms with Crippen LogP contribution in [0, 0.1) is 0 Å². The van der Waals surface area contributed by atoms with E-state index in [0.717, 1.165) is 22.0 Å². The molecular formula is C21H18ClN3O. The first-order valence-electron chi connectivity index (χ1n) is 8.18. The fourth-order valence-corrected chi connectivity index (χ4v) is 2.63. The van der Waals surface area contributed by atoms with E-state index in [1.807, 2.05) is 66.7 Å². The molecule has 0 heterocycles. The third kappa shape index (κ3) is 4.94. The van der Waals surface area contributed by atoms with Gasteiger partial charge in [0.2, 0.25) is 0 Å². The molecule has 1 amide bonds. The maximum absolute atomic E-state index is 11.8. The zero-order valence-corrected chi connectivity index (χ0v) is 14.8. The molecule has 130 valence electrons. The van der Waals surface area contributed by atoms with Crippen molar-refractivity contribution in [2.45, 2.75) is 0 Å². The van der Waals surface area contributed by atoms with Gasteiger partial charge in [0.25, 0.3) is 5.91 Å². The predicted molar refractivity (Wildman–Crippen MR) is 110 cm³/mol. The molecule has 0 aliphatic carbocycles. The highest BCUT2D eigenvalue weighted by Crippen LogP contribution is 2.18. The van der Waals surface area contributed by atoms with Crippen LogP contribution in [0.15, 0.2) is 77.9 Å². The largest absolute Gasteiger partial charge is 0.376 e. The number of carbonyl (C=O) groups is 1. The van der Waals surface area contributed by atoms with Crippen molar-refractivity contribution in [3.63, 3.8) is 0 Å². The van der Waals surface area contributed by atoms with Crippen molar-refractivity contribution in [3.05, 3.63) is 83.4 Å². The van der Waals surface area contributed by atoms with Crippen LogP contribution in [0.1, 0.15) is 5.56 Å². The number of hydrogen-bond donors (Lipinski definition) is 2. The summed E-state index contributed by atoms with van der Waals surface area (Å²) < 4.78 is 0. The molecule has 26 heavy (non-hydrogen) atoms. The second kappa shape index (κ2) is 8.83. The molecule has 0 aliphatic rings. The summed E-state index contributed by atoms with van der Waals surface area (Å²) in [6.45, 7) is 0.143. The maximum atomic E-state index is 11.8. The van der Waals surface area contributed by atoms with E-state index >= 15 is 0 Å². The Balaban J connectivity index is 1.47. The molecule has 0 bridgehead atoms. The summed E-state index contributed by atoms with van der Waals surface area (Å²) in [6.07, 6.45) is 5.06. The second-order valence-corrected chi connectivity index (χ2v) is 6.02. The Bertz CT molecular complexity index is 966. The van der Waals surface area contributed by atoms with E-state index in [1.165, 1.54) is 6.21 Å². The van der Waals surface area contributed by atoms with E-state index in [9.17, 15) is 4.79 Å². The summed E-state index contributed by atoms with van der Waals surface area (Å²) in [4.78, 5) is 11.8. The van der Waals surface area contributed by atoms with Crippen LogP contribution in [0.5, 0.6) is 0 Å². The monoisotopic (exact) mass is 363 g/mol. The average molecular weight is 364 g/mol. The van der Waals surface area contributed by atoms with Crippen LogP contribution in [0.2, 0.25) is 5.02 Å². The first-order valence-corrected chi connectivity index (χ1v) is 8.56.